The Kier molecular flexibility index (Phi) is 3.99. The molecule has 0 aromatic heterocycles. The summed E-state index contributed by atoms with van der Waals surface area (Å²) in [7, 11) is 0. The summed E-state index contributed by atoms with van der Waals surface area (Å²) >= 11 is 0. The lowest BCUT2D eigenvalue weighted by molar-refractivity contribution is 0.589. The minimum absolute atomic E-state index is 0.00311. The highest BCUT2D eigenvalue weighted by Gasteiger charge is 2.20. The molecule has 0 unspecified atom stereocenters. The third-order valence-corrected chi connectivity index (χ3v) is 3.68. The van der Waals surface area contributed by atoms with Gasteiger partial charge in [-0.3, -0.25) is 0 Å². The molecule has 0 aliphatic rings. The van der Waals surface area contributed by atoms with Gasteiger partial charge in [-0.15, -0.1) is 0 Å². The molecule has 106 valence electrons. The van der Waals surface area contributed by atoms with Gasteiger partial charge in [-0.05, 0) is 40.2 Å². The van der Waals surface area contributed by atoms with E-state index in [2.05, 4.69) is 40.7 Å². The SMILES string of the molecule is CC(C)c1ccc(F)c(-c2ccccc2C(C)(C)C)c1. The molecule has 2 aromatic carbocycles. The van der Waals surface area contributed by atoms with E-state index in [1.54, 1.807) is 6.07 Å². The van der Waals surface area contributed by atoms with Crippen molar-refractivity contribution < 1.29 is 4.39 Å². The quantitative estimate of drug-likeness (QED) is 0.636. The minimum Gasteiger partial charge on any atom is -0.206 e. The largest absolute Gasteiger partial charge is 0.206 e. The first-order valence-corrected chi connectivity index (χ1v) is 7.20. The van der Waals surface area contributed by atoms with Crippen molar-refractivity contribution in [2.24, 2.45) is 0 Å². The van der Waals surface area contributed by atoms with Crippen molar-refractivity contribution in [3.63, 3.8) is 0 Å². The van der Waals surface area contributed by atoms with Gasteiger partial charge in [0.2, 0.25) is 0 Å². The Morgan fingerprint density at radius 1 is 0.900 bits per heavy atom. The molecule has 1 heteroatoms. The number of benzene rings is 2. The molecule has 0 atom stereocenters. The van der Waals surface area contributed by atoms with Crippen LogP contribution < -0.4 is 0 Å². The van der Waals surface area contributed by atoms with Crippen LogP contribution in [-0.4, -0.2) is 0 Å². The summed E-state index contributed by atoms with van der Waals surface area (Å²) in [4.78, 5) is 0. The van der Waals surface area contributed by atoms with Crippen LogP contribution in [0.1, 0.15) is 51.7 Å². The molecule has 0 heterocycles. The minimum atomic E-state index is -0.147. The Morgan fingerprint density at radius 2 is 1.55 bits per heavy atom. The maximum atomic E-state index is 14.3. The lowest BCUT2D eigenvalue weighted by atomic mass is 9.81. The summed E-state index contributed by atoms with van der Waals surface area (Å²) in [5, 5.41) is 0. The summed E-state index contributed by atoms with van der Waals surface area (Å²) in [6, 6.07) is 13.6. The lowest BCUT2D eigenvalue weighted by Gasteiger charge is -2.23. The highest BCUT2D eigenvalue weighted by Crippen LogP contribution is 2.35. The van der Waals surface area contributed by atoms with Crippen molar-refractivity contribution in [2.45, 2.75) is 46.0 Å². The van der Waals surface area contributed by atoms with Crippen molar-refractivity contribution >= 4 is 0 Å². The van der Waals surface area contributed by atoms with Crippen molar-refractivity contribution in [2.75, 3.05) is 0 Å². The van der Waals surface area contributed by atoms with Crippen LogP contribution in [-0.2, 0) is 5.41 Å². The zero-order chi connectivity index (χ0) is 14.9. The van der Waals surface area contributed by atoms with Gasteiger partial charge in [0.1, 0.15) is 5.82 Å². The van der Waals surface area contributed by atoms with Crippen LogP contribution in [0.2, 0.25) is 0 Å². The van der Waals surface area contributed by atoms with Gasteiger partial charge in [-0.1, -0.05) is 65.0 Å². The van der Waals surface area contributed by atoms with Gasteiger partial charge in [0.05, 0.1) is 0 Å². The molecular formula is C19H23F. The van der Waals surface area contributed by atoms with Crippen molar-refractivity contribution in [3.8, 4) is 11.1 Å². The van der Waals surface area contributed by atoms with E-state index in [9.17, 15) is 4.39 Å². The Balaban J connectivity index is 2.66. The van der Waals surface area contributed by atoms with Gasteiger partial charge < -0.3 is 0 Å². The number of rotatable bonds is 2. The van der Waals surface area contributed by atoms with Crippen molar-refractivity contribution in [1.29, 1.82) is 0 Å². The first-order chi connectivity index (χ1) is 9.30. The summed E-state index contributed by atoms with van der Waals surface area (Å²) in [6.07, 6.45) is 0. The molecule has 0 aliphatic carbocycles. The topological polar surface area (TPSA) is 0 Å². The molecule has 0 N–H and O–H groups in total. The van der Waals surface area contributed by atoms with E-state index < -0.39 is 0 Å². The molecule has 0 saturated heterocycles. The van der Waals surface area contributed by atoms with Crippen LogP contribution in [0, 0.1) is 5.82 Å². The fourth-order valence-corrected chi connectivity index (χ4v) is 2.48. The lowest BCUT2D eigenvalue weighted by Crippen LogP contribution is -2.13. The number of halogens is 1. The molecule has 0 spiro atoms. The van der Waals surface area contributed by atoms with E-state index in [1.807, 2.05) is 30.3 Å². The second-order valence-corrected chi connectivity index (χ2v) is 6.69. The standard InChI is InChI=1S/C19H23F/c1-13(2)14-10-11-18(20)16(12-14)15-8-6-7-9-17(15)19(3,4)5/h6-13H,1-5H3. The highest BCUT2D eigenvalue weighted by molar-refractivity contribution is 5.70. The molecular weight excluding hydrogens is 247 g/mol. The molecule has 0 amide bonds. The molecule has 0 nitrogen and oxygen atoms in total. The van der Waals surface area contributed by atoms with Gasteiger partial charge in [0.15, 0.2) is 0 Å². The number of hydrogen-bond donors (Lipinski definition) is 0. The summed E-state index contributed by atoms with van der Waals surface area (Å²) in [6.45, 7) is 10.8. The smallest absolute Gasteiger partial charge is 0.131 e. The average Bonchev–Trinajstić information content (AvgIpc) is 2.38. The molecule has 2 aromatic rings. The molecule has 20 heavy (non-hydrogen) atoms. The van der Waals surface area contributed by atoms with E-state index in [-0.39, 0.29) is 11.2 Å². The maximum Gasteiger partial charge on any atom is 0.131 e. The summed E-state index contributed by atoms with van der Waals surface area (Å²) in [5.41, 5.74) is 4.06. The van der Waals surface area contributed by atoms with Crippen molar-refractivity contribution in [1.82, 2.24) is 0 Å². The van der Waals surface area contributed by atoms with Crippen LogP contribution >= 0.6 is 0 Å². The Labute approximate surface area is 121 Å². The van der Waals surface area contributed by atoms with Crippen LogP contribution in [0.4, 0.5) is 4.39 Å². The molecule has 0 radical (unpaired) electrons. The van der Waals surface area contributed by atoms with E-state index in [4.69, 9.17) is 0 Å². The normalized spacial score (nSPS) is 11.9. The highest BCUT2D eigenvalue weighted by atomic mass is 19.1. The Hall–Kier alpha value is -1.63. The molecule has 0 aliphatic heterocycles. The van der Waals surface area contributed by atoms with Gasteiger partial charge in [0.25, 0.3) is 0 Å². The average molecular weight is 270 g/mol. The second kappa shape index (κ2) is 5.40. The third-order valence-electron chi connectivity index (χ3n) is 3.68. The molecule has 2 rings (SSSR count). The van der Waals surface area contributed by atoms with Crippen LogP contribution in [0.3, 0.4) is 0 Å². The van der Waals surface area contributed by atoms with Crippen LogP contribution in [0.5, 0.6) is 0 Å². The van der Waals surface area contributed by atoms with E-state index in [0.29, 0.717) is 11.5 Å². The summed E-state index contributed by atoms with van der Waals surface area (Å²) < 4.78 is 14.3. The monoisotopic (exact) mass is 270 g/mol. The van der Waals surface area contributed by atoms with Gasteiger partial charge >= 0.3 is 0 Å². The zero-order valence-electron chi connectivity index (χ0n) is 13.0. The number of hydrogen-bond acceptors (Lipinski definition) is 0. The first-order valence-electron chi connectivity index (χ1n) is 7.20. The van der Waals surface area contributed by atoms with Crippen LogP contribution in [0.25, 0.3) is 11.1 Å². The van der Waals surface area contributed by atoms with Gasteiger partial charge in [0, 0.05) is 5.56 Å². The maximum absolute atomic E-state index is 14.3. The van der Waals surface area contributed by atoms with E-state index in [1.165, 1.54) is 11.1 Å². The second-order valence-electron chi connectivity index (χ2n) is 6.69. The summed E-state index contributed by atoms with van der Waals surface area (Å²) in [5.74, 6) is 0.252. The van der Waals surface area contributed by atoms with Crippen LogP contribution in [0.15, 0.2) is 42.5 Å². The Morgan fingerprint density at radius 3 is 2.15 bits per heavy atom. The molecule has 0 bridgehead atoms. The molecule has 0 saturated carbocycles. The first kappa shape index (κ1) is 14.8. The van der Waals surface area contributed by atoms with Crippen molar-refractivity contribution in [3.05, 3.63) is 59.4 Å². The molecule has 0 fully saturated rings. The van der Waals surface area contributed by atoms with E-state index >= 15 is 0 Å². The fourth-order valence-electron chi connectivity index (χ4n) is 2.48. The third kappa shape index (κ3) is 2.92. The Bertz CT molecular complexity index is 603. The van der Waals surface area contributed by atoms with E-state index in [0.717, 1.165) is 5.56 Å². The van der Waals surface area contributed by atoms with Gasteiger partial charge in [-0.2, -0.15) is 0 Å². The predicted molar refractivity (Wildman–Crippen MR) is 84.6 cm³/mol. The fraction of sp³-hybridized carbons (Fsp3) is 0.368. The predicted octanol–water partition coefficient (Wildman–Crippen LogP) is 5.91. The zero-order valence-corrected chi connectivity index (χ0v) is 13.0. The van der Waals surface area contributed by atoms with Gasteiger partial charge in [-0.25, -0.2) is 4.39 Å².